The van der Waals surface area contributed by atoms with Gasteiger partial charge >= 0.3 is 0 Å². The van der Waals surface area contributed by atoms with Crippen molar-refractivity contribution in [1.82, 2.24) is 5.32 Å². The Bertz CT molecular complexity index is 372. The van der Waals surface area contributed by atoms with Gasteiger partial charge in [-0.05, 0) is 56.0 Å². The van der Waals surface area contributed by atoms with Gasteiger partial charge in [-0.25, -0.2) is 0 Å². The molecule has 1 atom stereocenters. The lowest BCUT2D eigenvalue weighted by Crippen LogP contribution is -2.35. The number of halogens is 1. The van der Waals surface area contributed by atoms with E-state index in [1.165, 1.54) is 19.3 Å². The maximum atomic E-state index is 9.90. The molecular formula is C13H18BrNO. The zero-order chi connectivity index (χ0) is 11.5. The summed E-state index contributed by atoms with van der Waals surface area (Å²) in [6, 6.07) is 4.20. The summed E-state index contributed by atoms with van der Waals surface area (Å²) in [5.41, 5.74) is 2.24. The normalized spacial score (nSPS) is 21.0. The van der Waals surface area contributed by atoms with Crippen molar-refractivity contribution in [3.05, 3.63) is 27.7 Å². The number of hydrogen-bond donors (Lipinski definition) is 2. The third kappa shape index (κ3) is 2.58. The summed E-state index contributed by atoms with van der Waals surface area (Å²) in [6.45, 7) is 3.17. The number of piperidine rings is 1. The zero-order valence-electron chi connectivity index (χ0n) is 9.59. The summed E-state index contributed by atoms with van der Waals surface area (Å²) < 4.78 is 1.08. The van der Waals surface area contributed by atoms with E-state index in [1.807, 2.05) is 6.07 Å². The van der Waals surface area contributed by atoms with Crippen LogP contribution < -0.4 is 5.32 Å². The predicted molar refractivity (Wildman–Crippen MR) is 69.9 cm³/mol. The van der Waals surface area contributed by atoms with E-state index in [2.05, 4.69) is 28.2 Å². The molecule has 0 aromatic heterocycles. The van der Waals surface area contributed by atoms with Gasteiger partial charge in [0.25, 0.3) is 0 Å². The fourth-order valence-electron chi connectivity index (χ4n) is 2.32. The molecule has 0 bridgehead atoms. The van der Waals surface area contributed by atoms with Crippen LogP contribution in [0.4, 0.5) is 0 Å². The van der Waals surface area contributed by atoms with Crippen LogP contribution in [0.1, 0.15) is 30.4 Å². The lowest BCUT2D eigenvalue weighted by atomic mass is 9.95. The first kappa shape index (κ1) is 11.9. The standard InChI is InChI=1S/C13H18BrNO/c1-9-11(13(16)6-5-12(9)14)8-10-4-2-3-7-15-10/h5-6,10,15-16H,2-4,7-8H2,1H3. The van der Waals surface area contributed by atoms with Gasteiger partial charge in [0, 0.05) is 10.5 Å². The van der Waals surface area contributed by atoms with Crippen LogP contribution >= 0.6 is 15.9 Å². The van der Waals surface area contributed by atoms with Crippen LogP contribution in [0.2, 0.25) is 0 Å². The van der Waals surface area contributed by atoms with E-state index in [9.17, 15) is 5.11 Å². The Hall–Kier alpha value is -0.540. The van der Waals surface area contributed by atoms with E-state index in [4.69, 9.17) is 0 Å². The molecule has 1 aliphatic heterocycles. The highest BCUT2D eigenvalue weighted by Crippen LogP contribution is 2.29. The second-order valence-electron chi connectivity index (χ2n) is 4.52. The fraction of sp³-hybridized carbons (Fsp3) is 0.538. The number of hydrogen-bond acceptors (Lipinski definition) is 2. The Kier molecular flexibility index (Phi) is 3.87. The molecule has 0 aliphatic carbocycles. The minimum atomic E-state index is 0.424. The summed E-state index contributed by atoms with van der Waals surface area (Å²) in [7, 11) is 0. The highest BCUT2D eigenvalue weighted by atomic mass is 79.9. The number of nitrogens with one attached hydrogen (secondary N) is 1. The van der Waals surface area contributed by atoms with Crippen LogP contribution in [0.5, 0.6) is 5.75 Å². The molecule has 1 aromatic rings. The average Bonchev–Trinajstić information content (AvgIpc) is 2.31. The van der Waals surface area contributed by atoms with Gasteiger partial charge in [-0.15, -0.1) is 0 Å². The summed E-state index contributed by atoms with van der Waals surface area (Å²) in [4.78, 5) is 0. The van der Waals surface area contributed by atoms with Gasteiger partial charge < -0.3 is 10.4 Å². The Morgan fingerprint density at radius 1 is 1.44 bits per heavy atom. The molecule has 0 saturated carbocycles. The quantitative estimate of drug-likeness (QED) is 0.874. The molecule has 16 heavy (non-hydrogen) atoms. The van der Waals surface area contributed by atoms with Gasteiger partial charge in [0.05, 0.1) is 0 Å². The fourth-order valence-corrected chi connectivity index (χ4v) is 2.69. The molecule has 2 N–H and O–H groups in total. The first-order valence-electron chi connectivity index (χ1n) is 5.89. The Morgan fingerprint density at radius 3 is 2.94 bits per heavy atom. The lowest BCUT2D eigenvalue weighted by molar-refractivity contribution is 0.391. The monoisotopic (exact) mass is 283 g/mol. The molecule has 0 spiro atoms. The van der Waals surface area contributed by atoms with Crippen molar-refractivity contribution in [2.24, 2.45) is 0 Å². The van der Waals surface area contributed by atoms with Crippen molar-refractivity contribution in [1.29, 1.82) is 0 Å². The summed E-state index contributed by atoms with van der Waals surface area (Å²) >= 11 is 3.51. The third-order valence-electron chi connectivity index (χ3n) is 3.37. The number of rotatable bonds is 2. The number of aromatic hydroxyl groups is 1. The van der Waals surface area contributed by atoms with Crippen LogP contribution in [0.15, 0.2) is 16.6 Å². The van der Waals surface area contributed by atoms with Gasteiger partial charge in [-0.2, -0.15) is 0 Å². The summed E-state index contributed by atoms with van der Waals surface area (Å²) in [6.07, 6.45) is 4.72. The van der Waals surface area contributed by atoms with E-state index in [1.54, 1.807) is 6.07 Å². The molecule has 1 saturated heterocycles. The van der Waals surface area contributed by atoms with E-state index in [-0.39, 0.29) is 0 Å². The van der Waals surface area contributed by atoms with Crippen molar-refractivity contribution in [2.75, 3.05) is 6.54 Å². The minimum absolute atomic E-state index is 0.424. The SMILES string of the molecule is Cc1c(Br)ccc(O)c1CC1CCCCN1. The molecule has 1 heterocycles. The molecule has 2 rings (SSSR count). The van der Waals surface area contributed by atoms with Crippen LogP contribution in [0.25, 0.3) is 0 Å². The molecule has 1 aromatic carbocycles. The highest BCUT2D eigenvalue weighted by molar-refractivity contribution is 9.10. The predicted octanol–water partition coefficient (Wildman–Crippen LogP) is 3.15. The average molecular weight is 284 g/mol. The van der Waals surface area contributed by atoms with E-state index in [0.29, 0.717) is 11.8 Å². The minimum Gasteiger partial charge on any atom is -0.508 e. The summed E-state index contributed by atoms with van der Waals surface area (Å²) in [5.74, 6) is 0.424. The van der Waals surface area contributed by atoms with Crippen molar-refractivity contribution in [2.45, 2.75) is 38.6 Å². The number of phenolic OH excluding ortho intramolecular Hbond substituents is 1. The van der Waals surface area contributed by atoms with Crippen molar-refractivity contribution in [3.8, 4) is 5.75 Å². The van der Waals surface area contributed by atoms with Gasteiger partial charge in [-0.1, -0.05) is 22.4 Å². The number of phenols is 1. The molecule has 1 aliphatic rings. The first-order valence-corrected chi connectivity index (χ1v) is 6.68. The maximum Gasteiger partial charge on any atom is 0.119 e. The molecule has 0 amide bonds. The molecule has 1 fully saturated rings. The van der Waals surface area contributed by atoms with E-state index < -0.39 is 0 Å². The molecule has 0 radical (unpaired) electrons. The lowest BCUT2D eigenvalue weighted by Gasteiger charge is -2.24. The second-order valence-corrected chi connectivity index (χ2v) is 5.38. The van der Waals surface area contributed by atoms with Crippen LogP contribution in [0, 0.1) is 6.92 Å². The van der Waals surface area contributed by atoms with E-state index in [0.717, 1.165) is 28.6 Å². The second kappa shape index (κ2) is 5.19. The Labute approximate surface area is 105 Å². The molecular weight excluding hydrogens is 266 g/mol. The Morgan fingerprint density at radius 2 is 2.25 bits per heavy atom. The van der Waals surface area contributed by atoms with Gasteiger partial charge in [-0.3, -0.25) is 0 Å². The summed E-state index contributed by atoms with van der Waals surface area (Å²) in [5, 5.41) is 13.4. The molecule has 1 unspecified atom stereocenters. The van der Waals surface area contributed by atoms with Crippen LogP contribution in [0.3, 0.4) is 0 Å². The maximum absolute atomic E-state index is 9.90. The van der Waals surface area contributed by atoms with Crippen LogP contribution in [-0.4, -0.2) is 17.7 Å². The largest absolute Gasteiger partial charge is 0.508 e. The molecule has 88 valence electrons. The van der Waals surface area contributed by atoms with Crippen molar-refractivity contribution < 1.29 is 5.11 Å². The van der Waals surface area contributed by atoms with Gasteiger partial charge in [0.1, 0.15) is 5.75 Å². The van der Waals surface area contributed by atoms with Crippen molar-refractivity contribution >= 4 is 15.9 Å². The van der Waals surface area contributed by atoms with Gasteiger partial charge in [0.2, 0.25) is 0 Å². The topological polar surface area (TPSA) is 32.3 Å². The molecule has 3 heteroatoms. The van der Waals surface area contributed by atoms with Gasteiger partial charge in [0.15, 0.2) is 0 Å². The van der Waals surface area contributed by atoms with E-state index >= 15 is 0 Å². The third-order valence-corrected chi connectivity index (χ3v) is 4.23. The number of benzene rings is 1. The molecule has 2 nitrogen and oxygen atoms in total. The zero-order valence-corrected chi connectivity index (χ0v) is 11.2. The van der Waals surface area contributed by atoms with Crippen molar-refractivity contribution in [3.63, 3.8) is 0 Å². The van der Waals surface area contributed by atoms with Crippen LogP contribution in [-0.2, 0) is 6.42 Å². The highest BCUT2D eigenvalue weighted by Gasteiger charge is 2.17. The first-order chi connectivity index (χ1) is 7.68. The smallest absolute Gasteiger partial charge is 0.119 e. The Balaban J connectivity index is 2.16.